The molecule has 0 amide bonds. The van der Waals surface area contributed by atoms with Crippen molar-refractivity contribution in [1.29, 1.82) is 0 Å². The Kier molecular flexibility index (Phi) is 2.82. The van der Waals surface area contributed by atoms with Gasteiger partial charge in [0.05, 0.1) is 24.2 Å². The van der Waals surface area contributed by atoms with Gasteiger partial charge in [-0.05, 0) is 39.5 Å². The van der Waals surface area contributed by atoms with Crippen molar-refractivity contribution in [3.8, 4) is 0 Å². The molecule has 2 bridgehead atoms. The lowest BCUT2D eigenvalue weighted by atomic mass is 9.87. The zero-order valence-electron chi connectivity index (χ0n) is 12.0. The third kappa shape index (κ3) is 2.02. The summed E-state index contributed by atoms with van der Waals surface area (Å²) in [6, 6.07) is 0. The number of hydrogen-bond donors (Lipinski definition) is 0. The van der Waals surface area contributed by atoms with Gasteiger partial charge in [0.25, 0.3) is 5.56 Å². The highest BCUT2D eigenvalue weighted by Gasteiger charge is 2.53. The van der Waals surface area contributed by atoms with Crippen molar-refractivity contribution in [3.63, 3.8) is 0 Å². The third-order valence-electron chi connectivity index (χ3n) is 4.87. The maximum absolute atomic E-state index is 12.4. The summed E-state index contributed by atoms with van der Waals surface area (Å²) in [5.74, 6) is 0. The van der Waals surface area contributed by atoms with Gasteiger partial charge in [-0.3, -0.25) is 9.36 Å². The first-order valence-corrected chi connectivity index (χ1v) is 7.16. The fourth-order valence-electron chi connectivity index (χ4n) is 3.71. The summed E-state index contributed by atoms with van der Waals surface area (Å²) < 4.78 is 7.68. The van der Waals surface area contributed by atoms with Gasteiger partial charge >= 0.3 is 0 Å². The Morgan fingerprint density at radius 3 is 2.79 bits per heavy atom. The van der Waals surface area contributed by atoms with Crippen LogP contribution in [0.4, 0.5) is 0 Å². The SMILES string of the molecule is CCc1ncn(CC23CCC(C)(C2)OC3)c(=O)c1C. The van der Waals surface area contributed by atoms with Crippen LogP contribution in [0, 0.1) is 12.3 Å². The monoisotopic (exact) mass is 262 g/mol. The molecule has 1 aromatic rings. The Labute approximate surface area is 113 Å². The molecule has 0 N–H and O–H groups in total. The molecule has 4 nitrogen and oxygen atoms in total. The largest absolute Gasteiger partial charge is 0.375 e. The molecule has 0 spiro atoms. The van der Waals surface area contributed by atoms with Crippen LogP contribution in [0.25, 0.3) is 0 Å². The van der Waals surface area contributed by atoms with Crippen molar-refractivity contribution in [2.24, 2.45) is 5.41 Å². The predicted octanol–water partition coefficient (Wildman–Crippen LogP) is 2.07. The Morgan fingerprint density at radius 1 is 1.47 bits per heavy atom. The molecule has 1 saturated heterocycles. The van der Waals surface area contributed by atoms with Gasteiger partial charge in [0.2, 0.25) is 0 Å². The van der Waals surface area contributed by atoms with Gasteiger partial charge in [-0.1, -0.05) is 6.92 Å². The lowest BCUT2D eigenvalue weighted by Crippen LogP contribution is -2.34. The highest BCUT2D eigenvalue weighted by atomic mass is 16.5. The van der Waals surface area contributed by atoms with Gasteiger partial charge in [0.15, 0.2) is 0 Å². The van der Waals surface area contributed by atoms with E-state index in [1.165, 1.54) is 0 Å². The van der Waals surface area contributed by atoms with Crippen LogP contribution in [0.5, 0.6) is 0 Å². The van der Waals surface area contributed by atoms with Gasteiger partial charge in [-0.2, -0.15) is 0 Å². The molecule has 2 atom stereocenters. The van der Waals surface area contributed by atoms with Crippen molar-refractivity contribution < 1.29 is 4.74 Å². The number of fused-ring (bicyclic) bond motifs is 2. The fourth-order valence-corrected chi connectivity index (χ4v) is 3.71. The molecule has 2 aliphatic rings. The second-order valence-corrected chi connectivity index (χ2v) is 6.52. The average molecular weight is 262 g/mol. The van der Waals surface area contributed by atoms with Crippen LogP contribution in [0.1, 0.15) is 44.4 Å². The van der Waals surface area contributed by atoms with Crippen LogP contribution in [-0.2, 0) is 17.7 Å². The predicted molar refractivity (Wildman–Crippen MR) is 73.3 cm³/mol. The van der Waals surface area contributed by atoms with E-state index in [9.17, 15) is 4.79 Å². The molecule has 2 heterocycles. The smallest absolute Gasteiger partial charge is 0.256 e. The molecular formula is C15H22N2O2. The first kappa shape index (κ1) is 12.9. The summed E-state index contributed by atoms with van der Waals surface area (Å²) in [6.07, 6.45) is 5.87. The summed E-state index contributed by atoms with van der Waals surface area (Å²) in [7, 11) is 0. The molecule has 1 aromatic heterocycles. The van der Waals surface area contributed by atoms with E-state index in [4.69, 9.17) is 4.74 Å². The van der Waals surface area contributed by atoms with E-state index >= 15 is 0 Å². The van der Waals surface area contributed by atoms with Crippen LogP contribution in [0.15, 0.2) is 11.1 Å². The highest BCUT2D eigenvalue weighted by molar-refractivity contribution is 5.15. The van der Waals surface area contributed by atoms with Crippen LogP contribution < -0.4 is 5.56 Å². The molecule has 3 rings (SSSR count). The lowest BCUT2D eigenvalue weighted by molar-refractivity contribution is -0.0182. The molecule has 1 saturated carbocycles. The molecule has 2 unspecified atom stereocenters. The first-order valence-electron chi connectivity index (χ1n) is 7.16. The van der Waals surface area contributed by atoms with Crippen molar-refractivity contribution in [2.75, 3.05) is 6.61 Å². The minimum absolute atomic E-state index is 0.0510. The summed E-state index contributed by atoms with van der Waals surface area (Å²) >= 11 is 0. The minimum Gasteiger partial charge on any atom is -0.375 e. The lowest BCUT2D eigenvalue weighted by Gasteiger charge is -2.27. The van der Waals surface area contributed by atoms with Crippen LogP contribution in [-0.4, -0.2) is 21.8 Å². The maximum Gasteiger partial charge on any atom is 0.256 e. The van der Waals surface area contributed by atoms with E-state index in [2.05, 4.69) is 11.9 Å². The highest BCUT2D eigenvalue weighted by Crippen LogP contribution is 2.53. The van der Waals surface area contributed by atoms with Gasteiger partial charge in [0, 0.05) is 17.5 Å². The van der Waals surface area contributed by atoms with Crippen molar-refractivity contribution in [1.82, 2.24) is 9.55 Å². The first-order chi connectivity index (χ1) is 8.97. The van der Waals surface area contributed by atoms with Gasteiger partial charge in [0.1, 0.15) is 0 Å². The van der Waals surface area contributed by atoms with Crippen molar-refractivity contribution >= 4 is 0 Å². The molecule has 0 aromatic carbocycles. The molecular weight excluding hydrogens is 240 g/mol. The Balaban J connectivity index is 1.89. The maximum atomic E-state index is 12.4. The van der Waals surface area contributed by atoms with E-state index < -0.39 is 0 Å². The van der Waals surface area contributed by atoms with Gasteiger partial charge in [-0.15, -0.1) is 0 Å². The second kappa shape index (κ2) is 4.17. The average Bonchev–Trinajstić information content (AvgIpc) is 2.89. The normalized spacial score (nSPS) is 33.0. The second-order valence-electron chi connectivity index (χ2n) is 6.52. The van der Waals surface area contributed by atoms with Gasteiger partial charge < -0.3 is 4.74 Å². The van der Waals surface area contributed by atoms with E-state index in [0.29, 0.717) is 0 Å². The summed E-state index contributed by atoms with van der Waals surface area (Å²) in [5.41, 5.74) is 2.02. The van der Waals surface area contributed by atoms with Crippen LogP contribution >= 0.6 is 0 Å². The van der Waals surface area contributed by atoms with Gasteiger partial charge in [-0.25, -0.2) is 4.98 Å². The van der Waals surface area contributed by atoms with Crippen molar-refractivity contribution in [2.45, 2.75) is 58.6 Å². The third-order valence-corrected chi connectivity index (χ3v) is 4.87. The zero-order chi connectivity index (χ0) is 13.7. The summed E-state index contributed by atoms with van der Waals surface area (Å²) in [5, 5.41) is 0. The molecule has 104 valence electrons. The fraction of sp³-hybridized carbons (Fsp3) is 0.733. The Bertz CT molecular complexity index is 554. The van der Waals surface area contributed by atoms with Crippen LogP contribution in [0.3, 0.4) is 0 Å². The van der Waals surface area contributed by atoms with E-state index in [0.717, 1.165) is 50.1 Å². The molecule has 0 radical (unpaired) electrons. The van der Waals surface area contributed by atoms with Crippen LogP contribution in [0.2, 0.25) is 0 Å². The number of rotatable bonds is 3. The Hall–Kier alpha value is -1.16. The molecule has 2 fully saturated rings. The quantitative estimate of drug-likeness (QED) is 0.837. The topological polar surface area (TPSA) is 44.1 Å². The number of nitrogens with zero attached hydrogens (tertiary/aromatic N) is 2. The number of aryl methyl sites for hydroxylation is 1. The van der Waals surface area contributed by atoms with Crippen molar-refractivity contribution in [3.05, 3.63) is 27.9 Å². The standard InChI is InChI=1S/C15H22N2O2/c1-4-12-11(2)13(18)17(10-16-12)8-15-6-5-14(3,7-15)19-9-15/h10H,4-9H2,1-3H3. The summed E-state index contributed by atoms with van der Waals surface area (Å²) in [6.45, 7) is 7.63. The molecule has 4 heteroatoms. The Morgan fingerprint density at radius 2 is 2.26 bits per heavy atom. The van der Waals surface area contributed by atoms with E-state index in [1.54, 1.807) is 10.9 Å². The molecule has 1 aliphatic carbocycles. The molecule has 19 heavy (non-hydrogen) atoms. The number of aromatic nitrogens is 2. The molecule has 1 aliphatic heterocycles. The zero-order valence-corrected chi connectivity index (χ0v) is 12.0. The number of hydrogen-bond acceptors (Lipinski definition) is 3. The summed E-state index contributed by atoms with van der Waals surface area (Å²) in [4.78, 5) is 16.8. The number of ether oxygens (including phenoxy) is 1. The minimum atomic E-state index is 0.0510. The van der Waals surface area contributed by atoms with E-state index in [-0.39, 0.29) is 16.6 Å². The van der Waals surface area contributed by atoms with E-state index in [1.807, 2.05) is 13.8 Å².